The smallest absolute Gasteiger partial charge is 0.342 e. The Morgan fingerprint density at radius 2 is 2.10 bits per heavy atom. The molecule has 1 unspecified atom stereocenters. The maximum absolute atomic E-state index is 11.8. The highest BCUT2D eigenvalue weighted by molar-refractivity contribution is 5.97. The third kappa shape index (κ3) is 2.66. The topological polar surface area (TPSA) is 83.8 Å². The van der Waals surface area contributed by atoms with Crippen LogP contribution in [-0.4, -0.2) is 22.2 Å². The highest BCUT2D eigenvalue weighted by atomic mass is 16.6. The molecule has 0 saturated heterocycles. The van der Waals surface area contributed by atoms with Crippen molar-refractivity contribution in [3.8, 4) is 5.75 Å². The molecule has 1 heterocycles. The molecular formula is C15H16O5. The molecule has 5 heteroatoms. The Morgan fingerprint density at radius 3 is 2.70 bits per heavy atom. The summed E-state index contributed by atoms with van der Waals surface area (Å²) in [5.41, 5.74) is 2.51. The van der Waals surface area contributed by atoms with Crippen molar-refractivity contribution in [2.75, 3.05) is 0 Å². The standard InChI is InChI=1S/C15H16O5/c1-8(2)3-4-9-5-6-10(16)14-13(9)11(7-12(17)18)20-15(14)19/h3,5-6,11,16H,4,7H2,1-2H3,(H,17,18). The van der Waals surface area contributed by atoms with Crippen LogP contribution in [0, 0.1) is 0 Å². The number of hydrogen-bond acceptors (Lipinski definition) is 4. The molecule has 0 aliphatic carbocycles. The third-order valence-electron chi connectivity index (χ3n) is 3.18. The zero-order valence-electron chi connectivity index (χ0n) is 11.3. The summed E-state index contributed by atoms with van der Waals surface area (Å²) in [6.07, 6.45) is 1.41. The van der Waals surface area contributed by atoms with Gasteiger partial charge in [-0.25, -0.2) is 4.79 Å². The third-order valence-corrected chi connectivity index (χ3v) is 3.18. The number of carbonyl (C=O) groups is 2. The second-order valence-corrected chi connectivity index (χ2v) is 5.01. The summed E-state index contributed by atoms with van der Waals surface area (Å²) in [7, 11) is 0. The Kier molecular flexibility index (Phi) is 3.79. The maximum atomic E-state index is 11.8. The summed E-state index contributed by atoms with van der Waals surface area (Å²) in [5.74, 6) is -1.88. The van der Waals surface area contributed by atoms with E-state index in [2.05, 4.69) is 0 Å². The predicted molar refractivity (Wildman–Crippen MR) is 71.7 cm³/mol. The van der Waals surface area contributed by atoms with Crippen LogP contribution in [0.1, 0.15) is 47.9 Å². The van der Waals surface area contributed by atoms with Gasteiger partial charge >= 0.3 is 11.9 Å². The van der Waals surface area contributed by atoms with Gasteiger partial charge in [0.05, 0.1) is 6.42 Å². The summed E-state index contributed by atoms with van der Waals surface area (Å²) in [6, 6.07) is 3.14. The summed E-state index contributed by atoms with van der Waals surface area (Å²) in [5, 5.41) is 18.7. The van der Waals surface area contributed by atoms with Crippen LogP contribution in [0.25, 0.3) is 0 Å². The SMILES string of the molecule is CC(C)=CCc1ccc(O)c2c1C(CC(=O)O)OC2=O. The van der Waals surface area contributed by atoms with E-state index in [1.165, 1.54) is 6.07 Å². The number of phenols is 1. The van der Waals surface area contributed by atoms with Crippen LogP contribution in [0.4, 0.5) is 0 Å². The number of carboxylic acid groups (broad SMARTS) is 1. The molecule has 2 rings (SSSR count). The van der Waals surface area contributed by atoms with Crippen LogP contribution < -0.4 is 0 Å². The van der Waals surface area contributed by atoms with Crippen molar-refractivity contribution in [3.05, 3.63) is 40.5 Å². The van der Waals surface area contributed by atoms with Crippen LogP contribution in [0.15, 0.2) is 23.8 Å². The Bertz CT molecular complexity index is 597. The number of rotatable bonds is 4. The van der Waals surface area contributed by atoms with E-state index in [9.17, 15) is 14.7 Å². The number of carbonyl (C=O) groups excluding carboxylic acids is 1. The highest BCUT2D eigenvalue weighted by Crippen LogP contribution is 2.40. The summed E-state index contributed by atoms with van der Waals surface area (Å²) < 4.78 is 5.07. The van der Waals surface area contributed by atoms with Crippen molar-refractivity contribution in [2.45, 2.75) is 32.8 Å². The second kappa shape index (κ2) is 5.36. The molecule has 106 valence electrons. The Hall–Kier alpha value is -2.30. The summed E-state index contributed by atoms with van der Waals surface area (Å²) in [4.78, 5) is 22.6. The number of aliphatic carboxylic acids is 1. The van der Waals surface area contributed by atoms with Crippen molar-refractivity contribution < 1.29 is 24.5 Å². The minimum Gasteiger partial charge on any atom is -0.507 e. The molecule has 5 nitrogen and oxygen atoms in total. The first-order valence-corrected chi connectivity index (χ1v) is 6.31. The van der Waals surface area contributed by atoms with Gasteiger partial charge in [-0.1, -0.05) is 17.7 Å². The lowest BCUT2D eigenvalue weighted by molar-refractivity contribution is -0.139. The number of aromatic hydroxyl groups is 1. The molecule has 0 saturated carbocycles. The van der Waals surface area contributed by atoms with Crippen molar-refractivity contribution in [1.82, 2.24) is 0 Å². The number of benzene rings is 1. The van der Waals surface area contributed by atoms with Crippen LogP contribution in [0.2, 0.25) is 0 Å². The number of esters is 1. The summed E-state index contributed by atoms with van der Waals surface area (Å²) >= 11 is 0. The largest absolute Gasteiger partial charge is 0.507 e. The number of fused-ring (bicyclic) bond motifs is 1. The monoisotopic (exact) mass is 276 g/mol. The average Bonchev–Trinajstić information content (AvgIpc) is 2.66. The fraction of sp³-hybridized carbons (Fsp3) is 0.333. The maximum Gasteiger partial charge on any atom is 0.342 e. The minimum absolute atomic E-state index is 0.0934. The van der Waals surface area contributed by atoms with Crippen LogP contribution in [0.3, 0.4) is 0 Å². The molecule has 0 amide bonds. The fourth-order valence-corrected chi connectivity index (χ4v) is 2.27. The number of allylic oxidation sites excluding steroid dienone is 2. The van der Waals surface area contributed by atoms with Crippen molar-refractivity contribution >= 4 is 11.9 Å². The van der Waals surface area contributed by atoms with E-state index >= 15 is 0 Å². The number of carboxylic acids is 1. The molecule has 0 radical (unpaired) electrons. The lowest BCUT2D eigenvalue weighted by Gasteiger charge is -2.12. The Balaban J connectivity index is 2.48. The first-order chi connectivity index (χ1) is 9.40. The molecule has 0 aromatic heterocycles. The zero-order chi connectivity index (χ0) is 14.9. The fourth-order valence-electron chi connectivity index (χ4n) is 2.27. The number of ether oxygens (including phenoxy) is 1. The van der Waals surface area contributed by atoms with Gasteiger partial charge in [0.1, 0.15) is 17.4 Å². The molecule has 1 aromatic carbocycles. The molecule has 2 N–H and O–H groups in total. The molecule has 1 aromatic rings. The van der Waals surface area contributed by atoms with Gasteiger partial charge in [-0.2, -0.15) is 0 Å². The second-order valence-electron chi connectivity index (χ2n) is 5.01. The normalized spacial score (nSPS) is 16.5. The van der Waals surface area contributed by atoms with E-state index in [4.69, 9.17) is 9.84 Å². The number of hydrogen-bond donors (Lipinski definition) is 2. The first kappa shape index (κ1) is 14.1. The molecule has 0 bridgehead atoms. The van der Waals surface area contributed by atoms with Gasteiger partial charge in [0.25, 0.3) is 0 Å². The molecule has 1 aliphatic rings. The van der Waals surface area contributed by atoms with Crippen LogP contribution >= 0.6 is 0 Å². The van der Waals surface area contributed by atoms with Gasteiger partial charge < -0.3 is 14.9 Å². The predicted octanol–water partition coefficient (Wildman–Crippen LogP) is 2.59. The van der Waals surface area contributed by atoms with Gasteiger partial charge in [-0.15, -0.1) is 0 Å². The quantitative estimate of drug-likeness (QED) is 0.652. The van der Waals surface area contributed by atoms with Gasteiger partial charge in [-0.3, -0.25) is 4.79 Å². The van der Waals surface area contributed by atoms with Gasteiger partial charge in [0, 0.05) is 5.56 Å². The number of cyclic esters (lactones) is 1. The lowest BCUT2D eigenvalue weighted by atomic mass is 9.94. The van der Waals surface area contributed by atoms with E-state index in [1.54, 1.807) is 6.07 Å². The van der Waals surface area contributed by atoms with Crippen LogP contribution in [-0.2, 0) is 16.0 Å². The summed E-state index contributed by atoms with van der Waals surface area (Å²) in [6.45, 7) is 3.91. The minimum atomic E-state index is -1.05. The lowest BCUT2D eigenvalue weighted by Crippen LogP contribution is -2.07. The Morgan fingerprint density at radius 1 is 1.40 bits per heavy atom. The zero-order valence-corrected chi connectivity index (χ0v) is 11.3. The van der Waals surface area contributed by atoms with Crippen LogP contribution in [0.5, 0.6) is 5.75 Å². The molecule has 20 heavy (non-hydrogen) atoms. The van der Waals surface area contributed by atoms with E-state index in [-0.39, 0.29) is 17.7 Å². The molecule has 0 fully saturated rings. The molecule has 0 spiro atoms. The van der Waals surface area contributed by atoms with E-state index in [1.807, 2.05) is 19.9 Å². The molecule has 1 aliphatic heterocycles. The highest BCUT2D eigenvalue weighted by Gasteiger charge is 2.36. The molecular weight excluding hydrogens is 260 g/mol. The van der Waals surface area contributed by atoms with Gasteiger partial charge in [0.2, 0.25) is 0 Å². The van der Waals surface area contributed by atoms with Crippen molar-refractivity contribution in [2.24, 2.45) is 0 Å². The average molecular weight is 276 g/mol. The van der Waals surface area contributed by atoms with Gasteiger partial charge in [-0.05, 0) is 31.9 Å². The van der Waals surface area contributed by atoms with Crippen molar-refractivity contribution in [1.29, 1.82) is 0 Å². The van der Waals surface area contributed by atoms with E-state index < -0.39 is 18.0 Å². The molecule has 1 atom stereocenters. The van der Waals surface area contributed by atoms with Crippen molar-refractivity contribution in [3.63, 3.8) is 0 Å². The number of phenolic OH excluding ortho intramolecular Hbond substituents is 1. The van der Waals surface area contributed by atoms with E-state index in [0.717, 1.165) is 11.1 Å². The Labute approximate surface area is 116 Å². The first-order valence-electron chi connectivity index (χ1n) is 6.31. The van der Waals surface area contributed by atoms with Gasteiger partial charge in [0.15, 0.2) is 0 Å². The van der Waals surface area contributed by atoms with E-state index in [0.29, 0.717) is 12.0 Å².